The van der Waals surface area contributed by atoms with Gasteiger partial charge in [0.15, 0.2) is 0 Å². The van der Waals surface area contributed by atoms with Crippen molar-refractivity contribution in [1.82, 2.24) is 9.47 Å². The average molecular weight is 294 g/mol. The molecule has 0 bridgehead atoms. The highest BCUT2D eigenvalue weighted by Crippen LogP contribution is 2.08. The van der Waals surface area contributed by atoms with Gasteiger partial charge in [-0.25, -0.2) is 0 Å². The summed E-state index contributed by atoms with van der Waals surface area (Å²) >= 11 is 0. The Kier molecular flexibility index (Phi) is 5.09. The Morgan fingerprint density at radius 3 is 2.27 bits per heavy atom. The van der Waals surface area contributed by atoms with Gasteiger partial charge in [0, 0.05) is 31.0 Å². The number of rotatable bonds is 6. The zero-order valence-corrected chi connectivity index (χ0v) is 12.3. The van der Waals surface area contributed by atoms with Crippen LogP contribution in [0.15, 0.2) is 78.8 Å². The number of para-hydroxylation sites is 1. The molecule has 0 unspecified atom stereocenters. The van der Waals surface area contributed by atoms with Gasteiger partial charge < -0.3 is 4.90 Å². The molecule has 0 aliphatic heterocycles. The zero-order valence-electron chi connectivity index (χ0n) is 12.3. The highest BCUT2D eigenvalue weighted by atomic mass is 16.2. The molecule has 2 aromatic rings. The first kappa shape index (κ1) is 15.5. The minimum absolute atomic E-state index is 0.163. The second-order valence-corrected chi connectivity index (χ2v) is 4.75. The van der Waals surface area contributed by atoms with Crippen LogP contribution in [0.2, 0.25) is 0 Å². The van der Waals surface area contributed by atoms with Crippen molar-refractivity contribution in [3.8, 4) is 5.69 Å². The number of hydrogen-bond acceptors (Lipinski definition) is 2. The summed E-state index contributed by atoms with van der Waals surface area (Å²) in [6.07, 6.45) is 4.89. The third-order valence-electron chi connectivity index (χ3n) is 3.18. The van der Waals surface area contributed by atoms with Crippen molar-refractivity contribution in [3.05, 3.63) is 89.9 Å². The smallest absolute Gasteiger partial charge is 0.255 e. The van der Waals surface area contributed by atoms with Crippen LogP contribution in [0.25, 0.3) is 5.69 Å². The Balaban J connectivity index is 2.40. The molecule has 0 saturated heterocycles. The van der Waals surface area contributed by atoms with Crippen LogP contribution in [0, 0.1) is 0 Å². The van der Waals surface area contributed by atoms with E-state index in [2.05, 4.69) is 13.2 Å². The number of pyridine rings is 1. The molecule has 0 aliphatic rings. The summed E-state index contributed by atoms with van der Waals surface area (Å²) < 4.78 is 1.47. The molecular weight excluding hydrogens is 276 g/mol. The molecular formula is C18H18N2O2. The molecule has 4 nitrogen and oxygen atoms in total. The van der Waals surface area contributed by atoms with E-state index in [4.69, 9.17) is 0 Å². The van der Waals surface area contributed by atoms with E-state index in [9.17, 15) is 9.59 Å². The van der Waals surface area contributed by atoms with Crippen molar-refractivity contribution in [2.75, 3.05) is 13.1 Å². The van der Waals surface area contributed by atoms with Gasteiger partial charge in [-0.2, -0.15) is 0 Å². The van der Waals surface area contributed by atoms with Crippen LogP contribution in [0.4, 0.5) is 0 Å². The second kappa shape index (κ2) is 7.22. The van der Waals surface area contributed by atoms with E-state index in [1.807, 2.05) is 30.3 Å². The number of benzene rings is 1. The van der Waals surface area contributed by atoms with E-state index >= 15 is 0 Å². The van der Waals surface area contributed by atoms with E-state index in [1.165, 1.54) is 10.6 Å². The molecule has 22 heavy (non-hydrogen) atoms. The quantitative estimate of drug-likeness (QED) is 0.769. The SMILES string of the molecule is C=CCN(CC=C)C(=O)c1ccc(=O)n(-c2ccccc2)c1. The van der Waals surface area contributed by atoms with E-state index in [0.29, 0.717) is 18.7 Å². The first-order chi connectivity index (χ1) is 10.7. The van der Waals surface area contributed by atoms with Crippen LogP contribution in [-0.2, 0) is 0 Å². The van der Waals surface area contributed by atoms with Gasteiger partial charge in [0.05, 0.1) is 5.56 Å². The summed E-state index contributed by atoms with van der Waals surface area (Å²) in [7, 11) is 0. The topological polar surface area (TPSA) is 42.3 Å². The normalized spacial score (nSPS) is 10.0. The second-order valence-electron chi connectivity index (χ2n) is 4.75. The molecule has 2 rings (SSSR count). The molecule has 0 saturated carbocycles. The third-order valence-corrected chi connectivity index (χ3v) is 3.18. The molecule has 1 aromatic carbocycles. The van der Waals surface area contributed by atoms with Crippen molar-refractivity contribution >= 4 is 5.91 Å². The maximum atomic E-state index is 12.5. The van der Waals surface area contributed by atoms with Gasteiger partial charge in [-0.05, 0) is 18.2 Å². The minimum atomic E-state index is -0.179. The van der Waals surface area contributed by atoms with E-state index in [-0.39, 0.29) is 11.5 Å². The summed E-state index contributed by atoms with van der Waals surface area (Å²) in [4.78, 5) is 26.2. The summed E-state index contributed by atoms with van der Waals surface area (Å²) in [5, 5.41) is 0. The van der Waals surface area contributed by atoms with E-state index in [0.717, 1.165) is 5.69 Å². The Morgan fingerprint density at radius 1 is 1.05 bits per heavy atom. The van der Waals surface area contributed by atoms with Crippen molar-refractivity contribution in [2.24, 2.45) is 0 Å². The fourth-order valence-electron chi connectivity index (χ4n) is 2.14. The first-order valence-electron chi connectivity index (χ1n) is 6.96. The lowest BCUT2D eigenvalue weighted by atomic mass is 10.2. The van der Waals surface area contributed by atoms with Crippen LogP contribution >= 0.6 is 0 Å². The molecule has 1 amide bonds. The van der Waals surface area contributed by atoms with Crippen LogP contribution in [0.3, 0.4) is 0 Å². The number of amides is 1. The Labute approximate surface area is 129 Å². The number of nitrogens with zero attached hydrogens (tertiary/aromatic N) is 2. The molecule has 1 heterocycles. The van der Waals surface area contributed by atoms with Gasteiger partial charge in [-0.15, -0.1) is 13.2 Å². The lowest BCUT2D eigenvalue weighted by molar-refractivity contribution is 0.0790. The summed E-state index contributed by atoms with van der Waals surface area (Å²) in [5.74, 6) is -0.163. The summed E-state index contributed by atoms with van der Waals surface area (Å²) in [6.45, 7) is 8.16. The van der Waals surface area contributed by atoms with Crippen molar-refractivity contribution in [3.63, 3.8) is 0 Å². The number of carbonyl (C=O) groups excluding carboxylic acids is 1. The number of aromatic nitrogens is 1. The maximum Gasteiger partial charge on any atom is 0.255 e. The fourth-order valence-corrected chi connectivity index (χ4v) is 2.14. The highest BCUT2D eigenvalue weighted by molar-refractivity contribution is 5.94. The van der Waals surface area contributed by atoms with Gasteiger partial charge in [0.1, 0.15) is 0 Å². The largest absolute Gasteiger partial charge is 0.331 e. The molecule has 0 N–H and O–H groups in total. The standard InChI is InChI=1S/C18H18N2O2/c1-3-12-19(13-4-2)18(22)15-10-11-17(21)20(14-15)16-8-6-5-7-9-16/h3-11,14H,1-2,12-13H2. The predicted octanol–water partition coefficient (Wildman–Crippen LogP) is 2.65. The van der Waals surface area contributed by atoms with E-state index < -0.39 is 0 Å². The monoisotopic (exact) mass is 294 g/mol. The number of carbonyl (C=O) groups is 1. The Morgan fingerprint density at radius 2 is 1.68 bits per heavy atom. The van der Waals surface area contributed by atoms with Gasteiger partial charge in [-0.1, -0.05) is 30.4 Å². The summed E-state index contributed by atoms with van der Waals surface area (Å²) in [6, 6.07) is 12.2. The average Bonchev–Trinajstić information content (AvgIpc) is 2.55. The molecule has 4 heteroatoms. The maximum absolute atomic E-state index is 12.5. The van der Waals surface area contributed by atoms with Crippen LogP contribution in [-0.4, -0.2) is 28.5 Å². The highest BCUT2D eigenvalue weighted by Gasteiger charge is 2.14. The van der Waals surface area contributed by atoms with Crippen LogP contribution in [0.5, 0.6) is 0 Å². The number of hydrogen-bond donors (Lipinski definition) is 0. The molecule has 0 radical (unpaired) electrons. The zero-order chi connectivity index (χ0) is 15.9. The minimum Gasteiger partial charge on any atom is -0.331 e. The first-order valence-corrected chi connectivity index (χ1v) is 6.96. The van der Waals surface area contributed by atoms with Crippen LogP contribution in [0.1, 0.15) is 10.4 Å². The molecule has 0 spiro atoms. The van der Waals surface area contributed by atoms with E-state index in [1.54, 1.807) is 29.3 Å². The Hall–Kier alpha value is -2.88. The van der Waals surface area contributed by atoms with Gasteiger partial charge in [0.25, 0.3) is 11.5 Å². The van der Waals surface area contributed by atoms with Crippen LogP contribution < -0.4 is 5.56 Å². The lowest BCUT2D eigenvalue weighted by Gasteiger charge is -2.19. The molecule has 1 aromatic heterocycles. The Bertz CT molecular complexity index is 722. The summed E-state index contributed by atoms with van der Waals surface area (Å²) in [5.41, 5.74) is 0.995. The molecule has 0 fully saturated rings. The molecule has 112 valence electrons. The molecule has 0 atom stereocenters. The van der Waals surface area contributed by atoms with Crippen molar-refractivity contribution in [1.29, 1.82) is 0 Å². The third kappa shape index (κ3) is 3.41. The van der Waals surface area contributed by atoms with Gasteiger partial charge in [-0.3, -0.25) is 14.2 Å². The van der Waals surface area contributed by atoms with Crippen molar-refractivity contribution < 1.29 is 4.79 Å². The van der Waals surface area contributed by atoms with Crippen molar-refractivity contribution in [2.45, 2.75) is 0 Å². The molecule has 0 aliphatic carbocycles. The predicted molar refractivity (Wildman–Crippen MR) is 88.3 cm³/mol. The van der Waals surface area contributed by atoms with Gasteiger partial charge in [0.2, 0.25) is 0 Å². The lowest BCUT2D eigenvalue weighted by Crippen LogP contribution is -2.32. The van der Waals surface area contributed by atoms with Gasteiger partial charge >= 0.3 is 0 Å². The fraction of sp³-hybridized carbons (Fsp3) is 0.111.